The molecular weight excluding hydrogens is 266 g/mol. The molecule has 0 spiro atoms. The van der Waals surface area contributed by atoms with E-state index in [1.807, 2.05) is 0 Å². The van der Waals surface area contributed by atoms with Crippen LogP contribution in [0.2, 0.25) is 0 Å². The minimum atomic E-state index is -0.616. The van der Waals surface area contributed by atoms with Crippen molar-refractivity contribution in [1.29, 1.82) is 0 Å². The topological polar surface area (TPSA) is 38.9 Å². The van der Waals surface area contributed by atoms with Crippen molar-refractivity contribution in [3.05, 3.63) is 34.8 Å². The molecular formula is C14H14F2N2S. The second-order valence-electron chi connectivity index (χ2n) is 4.87. The van der Waals surface area contributed by atoms with E-state index in [1.54, 1.807) is 0 Å². The maximum Gasteiger partial charge on any atom is 0.135 e. The summed E-state index contributed by atoms with van der Waals surface area (Å²) >= 11 is 1.43. The number of benzene rings is 1. The summed E-state index contributed by atoms with van der Waals surface area (Å²) in [6.07, 6.45) is 4.67. The van der Waals surface area contributed by atoms with Gasteiger partial charge in [0, 0.05) is 17.5 Å². The van der Waals surface area contributed by atoms with Gasteiger partial charge in [0.2, 0.25) is 0 Å². The third-order valence-corrected chi connectivity index (χ3v) is 4.61. The average Bonchev–Trinajstić information content (AvgIpc) is 2.98. The van der Waals surface area contributed by atoms with Gasteiger partial charge in [0.1, 0.15) is 22.3 Å². The Kier molecular flexibility index (Phi) is 3.22. The number of aromatic nitrogens is 1. The van der Waals surface area contributed by atoms with E-state index in [4.69, 9.17) is 5.73 Å². The summed E-state index contributed by atoms with van der Waals surface area (Å²) in [5.41, 5.74) is 6.67. The maximum atomic E-state index is 13.8. The summed E-state index contributed by atoms with van der Waals surface area (Å²) in [6.45, 7) is 0. The van der Waals surface area contributed by atoms with Gasteiger partial charge in [-0.25, -0.2) is 13.8 Å². The number of halogens is 2. The molecule has 2 N–H and O–H groups in total. The number of thiazole rings is 1. The first kappa shape index (κ1) is 12.5. The molecule has 1 aromatic heterocycles. The summed E-state index contributed by atoms with van der Waals surface area (Å²) in [7, 11) is 0. The van der Waals surface area contributed by atoms with Gasteiger partial charge in [-0.3, -0.25) is 0 Å². The fourth-order valence-corrected chi connectivity index (χ4v) is 3.59. The fourth-order valence-electron chi connectivity index (χ4n) is 2.57. The summed E-state index contributed by atoms with van der Waals surface area (Å²) in [5.74, 6) is -0.759. The third-order valence-electron chi connectivity index (χ3n) is 3.56. The second-order valence-corrected chi connectivity index (χ2v) is 5.93. The lowest BCUT2D eigenvalue weighted by molar-refractivity contribution is 0.585. The number of nitrogens with two attached hydrogens (primary N) is 1. The van der Waals surface area contributed by atoms with Crippen molar-refractivity contribution in [2.45, 2.75) is 31.6 Å². The molecule has 0 aliphatic heterocycles. The van der Waals surface area contributed by atoms with E-state index >= 15 is 0 Å². The minimum absolute atomic E-state index is 0.277. The van der Waals surface area contributed by atoms with Gasteiger partial charge in [-0.2, -0.15) is 0 Å². The van der Waals surface area contributed by atoms with Crippen LogP contribution in [0.15, 0.2) is 18.2 Å². The van der Waals surface area contributed by atoms with Gasteiger partial charge in [0.15, 0.2) is 0 Å². The summed E-state index contributed by atoms with van der Waals surface area (Å²) in [4.78, 5) is 4.48. The fraction of sp³-hybridized carbons (Fsp3) is 0.357. The first-order valence-electron chi connectivity index (χ1n) is 6.37. The summed E-state index contributed by atoms with van der Waals surface area (Å²) in [5, 5.41) is 1.49. The highest BCUT2D eigenvalue weighted by Crippen LogP contribution is 2.41. The van der Waals surface area contributed by atoms with Crippen molar-refractivity contribution < 1.29 is 8.78 Å². The van der Waals surface area contributed by atoms with E-state index in [0.717, 1.165) is 23.9 Å². The molecule has 2 aromatic rings. The van der Waals surface area contributed by atoms with E-state index in [2.05, 4.69) is 4.98 Å². The van der Waals surface area contributed by atoms with Crippen LogP contribution in [-0.4, -0.2) is 4.98 Å². The maximum absolute atomic E-state index is 13.8. The Hall–Kier alpha value is -1.49. The molecule has 5 heteroatoms. The number of anilines is 1. The lowest BCUT2D eigenvalue weighted by atomic mass is 10.1. The number of hydrogen-bond donors (Lipinski definition) is 1. The molecule has 3 rings (SSSR count). The predicted molar refractivity (Wildman–Crippen MR) is 73.1 cm³/mol. The number of nitrogens with zero attached hydrogens (tertiary/aromatic N) is 1. The number of hydrogen-bond acceptors (Lipinski definition) is 3. The standard InChI is InChI=1S/C14H14F2N2S/c15-9-5-6-10(11(16)7-9)12-13(17)19-14(18-12)8-3-1-2-4-8/h5-8H,1-4,17H2. The zero-order valence-electron chi connectivity index (χ0n) is 10.3. The molecule has 1 aliphatic rings. The lowest BCUT2D eigenvalue weighted by Crippen LogP contribution is -1.93. The van der Waals surface area contributed by atoms with Crippen molar-refractivity contribution in [1.82, 2.24) is 4.98 Å². The van der Waals surface area contributed by atoms with Crippen LogP contribution in [0.3, 0.4) is 0 Å². The average molecular weight is 280 g/mol. The monoisotopic (exact) mass is 280 g/mol. The molecule has 0 radical (unpaired) electrons. The van der Waals surface area contributed by atoms with Crippen LogP contribution >= 0.6 is 11.3 Å². The molecule has 19 heavy (non-hydrogen) atoms. The van der Waals surface area contributed by atoms with E-state index in [9.17, 15) is 8.78 Å². The summed E-state index contributed by atoms with van der Waals surface area (Å²) in [6, 6.07) is 3.49. The van der Waals surface area contributed by atoms with Gasteiger partial charge >= 0.3 is 0 Å². The third kappa shape index (κ3) is 2.34. The molecule has 0 atom stereocenters. The van der Waals surface area contributed by atoms with Gasteiger partial charge in [0.05, 0.1) is 5.01 Å². The minimum Gasteiger partial charge on any atom is -0.389 e. The number of rotatable bonds is 2. The van der Waals surface area contributed by atoms with Crippen LogP contribution in [-0.2, 0) is 0 Å². The van der Waals surface area contributed by atoms with Crippen LogP contribution in [0.1, 0.15) is 36.6 Å². The van der Waals surface area contributed by atoms with Crippen molar-refractivity contribution in [3.63, 3.8) is 0 Å². The largest absolute Gasteiger partial charge is 0.389 e. The first-order chi connectivity index (χ1) is 9.15. The predicted octanol–water partition coefficient (Wildman–Crippen LogP) is 4.33. The first-order valence-corrected chi connectivity index (χ1v) is 7.18. The molecule has 0 amide bonds. The Bertz CT molecular complexity index is 603. The second kappa shape index (κ2) is 4.89. The normalized spacial score (nSPS) is 16.1. The number of nitrogen functional groups attached to an aromatic ring is 1. The van der Waals surface area contributed by atoms with Crippen LogP contribution in [0, 0.1) is 11.6 Å². The van der Waals surface area contributed by atoms with Crippen LogP contribution in [0.25, 0.3) is 11.3 Å². The van der Waals surface area contributed by atoms with Gasteiger partial charge in [-0.15, -0.1) is 11.3 Å². The molecule has 100 valence electrons. The van der Waals surface area contributed by atoms with Crippen molar-refractivity contribution in [2.24, 2.45) is 0 Å². The van der Waals surface area contributed by atoms with E-state index < -0.39 is 11.6 Å². The molecule has 0 saturated heterocycles. The van der Waals surface area contributed by atoms with Crippen LogP contribution < -0.4 is 5.73 Å². The SMILES string of the molecule is Nc1sc(C2CCCC2)nc1-c1ccc(F)cc1F. The Balaban J connectivity index is 2.00. The van der Waals surface area contributed by atoms with Crippen molar-refractivity contribution in [3.8, 4) is 11.3 Å². The zero-order chi connectivity index (χ0) is 13.4. The Labute approximate surface area is 114 Å². The van der Waals surface area contributed by atoms with Crippen molar-refractivity contribution in [2.75, 3.05) is 5.73 Å². The smallest absolute Gasteiger partial charge is 0.135 e. The molecule has 2 nitrogen and oxygen atoms in total. The van der Waals surface area contributed by atoms with Crippen LogP contribution in [0.5, 0.6) is 0 Å². The molecule has 1 aromatic carbocycles. The Morgan fingerprint density at radius 1 is 1.21 bits per heavy atom. The van der Waals surface area contributed by atoms with E-state index in [1.165, 1.54) is 36.3 Å². The van der Waals surface area contributed by atoms with Gasteiger partial charge < -0.3 is 5.73 Å². The highest BCUT2D eigenvalue weighted by atomic mass is 32.1. The Morgan fingerprint density at radius 2 is 1.95 bits per heavy atom. The highest BCUT2D eigenvalue weighted by molar-refractivity contribution is 7.16. The molecule has 1 heterocycles. The zero-order valence-corrected chi connectivity index (χ0v) is 11.1. The van der Waals surface area contributed by atoms with Gasteiger partial charge in [0.25, 0.3) is 0 Å². The van der Waals surface area contributed by atoms with E-state index in [-0.39, 0.29) is 5.56 Å². The van der Waals surface area contributed by atoms with E-state index in [0.29, 0.717) is 16.6 Å². The lowest BCUT2D eigenvalue weighted by Gasteiger charge is -2.03. The highest BCUT2D eigenvalue weighted by Gasteiger charge is 2.23. The van der Waals surface area contributed by atoms with Gasteiger partial charge in [-0.1, -0.05) is 12.8 Å². The molecule has 0 unspecified atom stereocenters. The molecule has 1 saturated carbocycles. The molecule has 1 fully saturated rings. The summed E-state index contributed by atoms with van der Waals surface area (Å²) < 4.78 is 26.7. The molecule has 0 bridgehead atoms. The molecule has 1 aliphatic carbocycles. The van der Waals surface area contributed by atoms with Crippen molar-refractivity contribution >= 4 is 16.3 Å². The van der Waals surface area contributed by atoms with Crippen LogP contribution in [0.4, 0.5) is 13.8 Å². The van der Waals surface area contributed by atoms with Gasteiger partial charge in [-0.05, 0) is 25.0 Å². The Morgan fingerprint density at radius 3 is 2.63 bits per heavy atom. The quantitative estimate of drug-likeness (QED) is 0.889.